The van der Waals surface area contributed by atoms with Gasteiger partial charge in [-0.1, -0.05) is 18.2 Å². The van der Waals surface area contributed by atoms with E-state index >= 15 is 0 Å². The highest BCUT2D eigenvalue weighted by atomic mass is 79.9. The molecule has 0 amide bonds. The normalized spacial score (nSPS) is 10.9. The molecule has 0 radical (unpaired) electrons. The second-order valence-electron chi connectivity index (χ2n) is 3.29. The molecule has 1 aromatic heterocycles. The number of aromatic nitrogens is 1. The van der Waals surface area contributed by atoms with Gasteiger partial charge in [-0.25, -0.2) is 4.39 Å². The standard InChI is InChI=1S/C13H9BrFN/c14-11-4-8-13(16-9-11)7-3-10-1-5-12(15)6-2-10/h1-9H/b7-3-. The monoisotopic (exact) mass is 277 g/mol. The first-order valence-corrected chi connectivity index (χ1v) is 5.58. The first-order valence-electron chi connectivity index (χ1n) is 4.79. The third-order valence-corrected chi connectivity index (χ3v) is 2.54. The van der Waals surface area contributed by atoms with E-state index in [1.165, 1.54) is 12.1 Å². The van der Waals surface area contributed by atoms with Gasteiger partial charge in [-0.2, -0.15) is 0 Å². The summed E-state index contributed by atoms with van der Waals surface area (Å²) in [6.45, 7) is 0. The molecule has 2 rings (SSSR count). The first-order chi connectivity index (χ1) is 7.74. The molecule has 0 atom stereocenters. The molecule has 0 bridgehead atoms. The predicted molar refractivity (Wildman–Crippen MR) is 67.3 cm³/mol. The number of halogens is 2. The Morgan fingerprint density at radius 1 is 1.00 bits per heavy atom. The summed E-state index contributed by atoms with van der Waals surface area (Å²) >= 11 is 3.32. The van der Waals surface area contributed by atoms with Crippen LogP contribution in [0.1, 0.15) is 11.3 Å². The van der Waals surface area contributed by atoms with Crippen LogP contribution in [-0.2, 0) is 0 Å². The molecule has 1 aromatic carbocycles. The number of rotatable bonds is 2. The molecule has 80 valence electrons. The molecule has 1 heterocycles. The van der Waals surface area contributed by atoms with Crippen LogP contribution < -0.4 is 0 Å². The average molecular weight is 278 g/mol. The molecule has 0 aliphatic carbocycles. The van der Waals surface area contributed by atoms with Crippen LogP contribution in [0.25, 0.3) is 12.2 Å². The van der Waals surface area contributed by atoms with Gasteiger partial charge in [0.1, 0.15) is 5.82 Å². The summed E-state index contributed by atoms with van der Waals surface area (Å²) in [6.07, 6.45) is 5.53. The molecule has 0 aliphatic heterocycles. The van der Waals surface area contributed by atoms with Crippen molar-refractivity contribution in [2.24, 2.45) is 0 Å². The van der Waals surface area contributed by atoms with E-state index in [0.29, 0.717) is 0 Å². The molecular weight excluding hydrogens is 269 g/mol. The fourth-order valence-corrected chi connectivity index (χ4v) is 1.48. The lowest BCUT2D eigenvalue weighted by molar-refractivity contribution is 0.628. The maximum absolute atomic E-state index is 12.7. The van der Waals surface area contributed by atoms with Crippen molar-refractivity contribution in [2.45, 2.75) is 0 Å². The molecule has 0 spiro atoms. The zero-order chi connectivity index (χ0) is 11.4. The van der Waals surface area contributed by atoms with Gasteiger partial charge in [0, 0.05) is 10.7 Å². The Morgan fingerprint density at radius 3 is 2.38 bits per heavy atom. The van der Waals surface area contributed by atoms with Crippen molar-refractivity contribution in [1.29, 1.82) is 0 Å². The van der Waals surface area contributed by atoms with Gasteiger partial charge < -0.3 is 0 Å². The molecule has 0 saturated heterocycles. The second-order valence-corrected chi connectivity index (χ2v) is 4.20. The summed E-state index contributed by atoms with van der Waals surface area (Å²) in [7, 11) is 0. The molecule has 0 saturated carbocycles. The molecule has 3 heteroatoms. The maximum atomic E-state index is 12.7. The van der Waals surface area contributed by atoms with Gasteiger partial charge in [-0.15, -0.1) is 0 Å². The second kappa shape index (κ2) is 5.03. The third-order valence-electron chi connectivity index (χ3n) is 2.07. The average Bonchev–Trinajstić information content (AvgIpc) is 2.30. The minimum atomic E-state index is -0.223. The quantitative estimate of drug-likeness (QED) is 0.804. The summed E-state index contributed by atoms with van der Waals surface area (Å²) in [5.41, 5.74) is 1.82. The number of hydrogen-bond acceptors (Lipinski definition) is 1. The van der Waals surface area contributed by atoms with Crippen molar-refractivity contribution in [3.63, 3.8) is 0 Å². The van der Waals surface area contributed by atoms with Gasteiger partial charge in [0.2, 0.25) is 0 Å². The van der Waals surface area contributed by atoms with E-state index in [1.807, 2.05) is 24.3 Å². The Hall–Kier alpha value is -1.48. The van der Waals surface area contributed by atoms with E-state index in [9.17, 15) is 4.39 Å². The Kier molecular flexibility index (Phi) is 3.47. The van der Waals surface area contributed by atoms with Crippen molar-refractivity contribution < 1.29 is 4.39 Å². The zero-order valence-corrected chi connectivity index (χ0v) is 9.99. The van der Waals surface area contributed by atoms with Gasteiger partial charge >= 0.3 is 0 Å². The van der Waals surface area contributed by atoms with Crippen LogP contribution in [0.4, 0.5) is 4.39 Å². The zero-order valence-electron chi connectivity index (χ0n) is 8.40. The van der Waals surface area contributed by atoms with Crippen LogP contribution in [0.15, 0.2) is 47.1 Å². The highest BCUT2D eigenvalue weighted by molar-refractivity contribution is 9.10. The SMILES string of the molecule is Fc1ccc(/C=C\c2ccc(Br)cn2)cc1. The van der Waals surface area contributed by atoms with E-state index < -0.39 is 0 Å². The van der Waals surface area contributed by atoms with Crippen molar-refractivity contribution in [2.75, 3.05) is 0 Å². The van der Waals surface area contributed by atoms with Crippen LogP contribution >= 0.6 is 15.9 Å². The lowest BCUT2D eigenvalue weighted by Crippen LogP contribution is -1.79. The van der Waals surface area contributed by atoms with Crippen molar-refractivity contribution in [1.82, 2.24) is 4.98 Å². The number of benzene rings is 1. The number of pyridine rings is 1. The van der Waals surface area contributed by atoms with E-state index in [-0.39, 0.29) is 5.82 Å². The molecule has 1 nitrogen and oxygen atoms in total. The van der Waals surface area contributed by atoms with E-state index in [0.717, 1.165) is 15.7 Å². The summed E-state index contributed by atoms with van der Waals surface area (Å²) < 4.78 is 13.6. The Bertz CT molecular complexity index is 441. The Balaban J connectivity index is 2.15. The highest BCUT2D eigenvalue weighted by Gasteiger charge is 1.91. The smallest absolute Gasteiger partial charge is 0.123 e. The van der Waals surface area contributed by atoms with Gasteiger partial charge in [0.25, 0.3) is 0 Å². The minimum absolute atomic E-state index is 0.223. The van der Waals surface area contributed by atoms with Crippen LogP contribution in [0.3, 0.4) is 0 Å². The van der Waals surface area contributed by atoms with Gasteiger partial charge in [0.05, 0.1) is 5.69 Å². The van der Waals surface area contributed by atoms with Gasteiger partial charge in [-0.3, -0.25) is 4.98 Å². The van der Waals surface area contributed by atoms with Crippen molar-refractivity contribution >= 4 is 28.1 Å². The van der Waals surface area contributed by atoms with Gasteiger partial charge in [-0.05, 0) is 51.8 Å². The van der Waals surface area contributed by atoms with Crippen LogP contribution in [0.5, 0.6) is 0 Å². The van der Waals surface area contributed by atoms with Crippen LogP contribution in [0, 0.1) is 5.82 Å². The van der Waals surface area contributed by atoms with Crippen molar-refractivity contribution in [3.05, 3.63) is 64.1 Å². The van der Waals surface area contributed by atoms with E-state index in [1.54, 1.807) is 18.3 Å². The number of hydrogen-bond donors (Lipinski definition) is 0. The Morgan fingerprint density at radius 2 is 1.75 bits per heavy atom. The molecule has 0 N–H and O–H groups in total. The van der Waals surface area contributed by atoms with E-state index in [2.05, 4.69) is 20.9 Å². The lowest BCUT2D eigenvalue weighted by Gasteiger charge is -1.94. The molecule has 0 fully saturated rings. The Labute approximate surface area is 102 Å². The fraction of sp³-hybridized carbons (Fsp3) is 0. The highest BCUT2D eigenvalue weighted by Crippen LogP contribution is 2.10. The number of nitrogens with zero attached hydrogens (tertiary/aromatic N) is 1. The van der Waals surface area contributed by atoms with E-state index in [4.69, 9.17) is 0 Å². The lowest BCUT2D eigenvalue weighted by atomic mass is 10.2. The summed E-state index contributed by atoms with van der Waals surface area (Å²) in [4.78, 5) is 4.20. The topological polar surface area (TPSA) is 12.9 Å². The largest absolute Gasteiger partial charge is 0.256 e. The predicted octanol–water partition coefficient (Wildman–Crippen LogP) is 4.15. The van der Waals surface area contributed by atoms with Gasteiger partial charge in [0.15, 0.2) is 0 Å². The van der Waals surface area contributed by atoms with Crippen molar-refractivity contribution in [3.8, 4) is 0 Å². The molecular formula is C13H9BrFN. The third kappa shape index (κ3) is 3.00. The molecule has 0 unspecified atom stereocenters. The minimum Gasteiger partial charge on any atom is -0.256 e. The molecule has 2 aromatic rings. The summed E-state index contributed by atoms with van der Waals surface area (Å²) in [5.74, 6) is -0.223. The summed E-state index contributed by atoms with van der Waals surface area (Å²) in [6, 6.07) is 10.2. The fourth-order valence-electron chi connectivity index (χ4n) is 1.24. The molecule has 0 aliphatic rings. The van der Waals surface area contributed by atoms with Crippen LogP contribution in [0.2, 0.25) is 0 Å². The first kappa shape index (κ1) is 11.0. The molecule has 16 heavy (non-hydrogen) atoms. The van der Waals surface area contributed by atoms with Crippen LogP contribution in [-0.4, -0.2) is 4.98 Å². The maximum Gasteiger partial charge on any atom is 0.123 e. The summed E-state index contributed by atoms with van der Waals surface area (Å²) in [5, 5.41) is 0.